The van der Waals surface area contributed by atoms with Crippen molar-refractivity contribution < 1.29 is 4.79 Å². The lowest BCUT2D eigenvalue weighted by Gasteiger charge is -2.16. The van der Waals surface area contributed by atoms with Crippen LogP contribution in [-0.4, -0.2) is 20.7 Å². The molecule has 0 saturated heterocycles. The molecule has 0 aliphatic rings. The molecule has 0 aliphatic carbocycles. The molecule has 34 heavy (non-hydrogen) atoms. The number of halogens is 1. The number of thiophene rings is 1. The Labute approximate surface area is 211 Å². The molecule has 4 rings (SSSR count). The highest BCUT2D eigenvalue weighted by Gasteiger charge is 2.22. The number of anilines is 1. The van der Waals surface area contributed by atoms with Crippen LogP contribution in [0.15, 0.2) is 70.5 Å². The number of rotatable bonds is 7. The van der Waals surface area contributed by atoms with Crippen molar-refractivity contribution in [1.29, 1.82) is 0 Å². The van der Waals surface area contributed by atoms with Crippen LogP contribution >= 0.6 is 34.7 Å². The Morgan fingerprint density at radius 2 is 2.00 bits per heavy atom. The Balaban J connectivity index is 1.68. The molecule has 2 heterocycles. The summed E-state index contributed by atoms with van der Waals surface area (Å²) in [5.74, 6) is -0.193. The number of nitrogens with zero attached hydrogens (tertiary/aromatic N) is 2. The van der Waals surface area contributed by atoms with Gasteiger partial charge in [-0.25, -0.2) is 4.98 Å². The van der Waals surface area contributed by atoms with Crippen molar-refractivity contribution in [3.63, 3.8) is 0 Å². The van der Waals surface area contributed by atoms with E-state index in [0.29, 0.717) is 32.6 Å². The molecule has 1 N–H and O–H groups in total. The van der Waals surface area contributed by atoms with Gasteiger partial charge in [-0.15, -0.1) is 17.9 Å². The molecule has 5 nitrogen and oxygen atoms in total. The predicted octanol–water partition coefficient (Wildman–Crippen LogP) is 6.70. The van der Waals surface area contributed by atoms with Crippen molar-refractivity contribution in [1.82, 2.24) is 9.55 Å². The van der Waals surface area contributed by atoms with Crippen molar-refractivity contribution in [3.05, 3.63) is 87.0 Å². The summed E-state index contributed by atoms with van der Waals surface area (Å²) in [7, 11) is 0. The minimum atomic E-state index is -0.490. The van der Waals surface area contributed by atoms with Crippen molar-refractivity contribution >= 4 is 56.5 Å². The monoisotopic (exact) mass is 509 g/mol. The summed E-state index contributed by atoms with van der Waals surface area (Å²) in [6, 6.07) is 13.4. The molecule has 2 aromatic carbocycles. The molecule has 0 spiro atoms. The maximum Gasteiger partial charge on any atom is 0.263 e. The number of amides is 1. The summed E-state index contributed by atoms with van der Waals surface area (Å²) in [5, 5.41) is 6.03. The largest absolute Gasteiger partial charge is 0.325 e. The zero-order valence-electron chi connectivity index (χ0n) is 19.1. The molecular formula is C26H24ClN3O2S2. The van der Waals surface area contributed by atoms with E-state index in [1.165, 1.54) is 23.1 Å². The third kappa shape index (κ3) is 4.97. The van der Waals surface area contributed by atoms with E-state index in [2.05, 4.69) is 11.9 Å². The predicted molar refractivity (Wildman–Crippen MR) is 144 cm³/mol. The molecule has 0 bridgehead atoms. The number of benzene rings is 2. The second-order valence-electron chi connectivity index (χ2n) is 8.00. The third-order valence-electron chi connectivity index (χ3n) is 5.44. The van der Waals surface area contributed by atoms with Gasteiger partial charge in [-0.05, 0) is 44.0 Å². The van der Waals surface area contributed by atoms with Gasteiger partial charge in [0.05, 0.1) is 10.6 Å². The lowest BCUT2D eigenvalue weighted by molar-refractivity contribution is -0.115. The van der Waals surface area contributed by atoms with E-state index >= 15 is 0 Å². The van der Waals surface area contributed by atoms with Gasteiger partial charge in [-0.2, -0.15) is 0 Å². The van der Waals surface area contributed by atoms with Crippen LogP contribution in [0.2, 0.25) is 5.02 Å². The topological polar surface area (TPSA) is 64.0 Å². The van der Waals surface area contributed by atoms with Crippen molar-refractivity contribution in [3.8, 4) is 11.1 Å². The van der Waals surface area contributed by atoms with Gasteiger partial charge >= 0.3 is 0 Å². The lowest BCUT2D eigenvalue weighted by Crippen LogP contribution is -2.27. The fourth-order valence-electron chi connectivity index (χ4n) is 3.51. The van der Waals surface area contributed by atoms with Crippen LogP contribution < -0.4 is 10.9 Å². The van der Waals surface area contributed by atoms with Gasteiger partial charge in [-0.3, -0.25) is 14.2 Å². The molecule has 0 aliphatic heterocycles. The Bertz CT molecular complexity index is 1440. The lowest BCUT2D eigenvalue weighted by atomic mass is 10.1. The second-order valence-corrected chi connectivity index (χ2v) is 10.6. The second kappa shape index (κ2) is 10.2. The fourth-order valence-corrected chi connectivity index (χ4v) is 5.58. The van der Waals surface area contributed by atoms with E-state index in [9.17, 15) is 9.59 Å². The zero-order chi connectivity index (χ0) is 24.4. The van der Waals surface area contributed by atoms with Gasteiger partial charge in [0.1, 0.15) is 4.83 Å². The minimum Gasteiger partial charge on any atom is -0.325 e. The highest BCUT2D eigenvalue weighted by atomic mass is 35.5. The van der Waals surface area contributed by atoms with Crippen molar-refractivity contribution in [2.45, 2.75) is 37.7 Å². The molecule has 1 unspecified atom stereocenters. The van der Waals surface area contributed by atoms with Crippen LogP contribution in [0.3, 0.4) is 0 Å². The number of aryl methyl sites for hydroxylation is 2. The Morgan fingerprint density at radius 1 is 1.26 bits per heavy atom. The van der Waals surface area contributed by atoms with Crippen LogP contribution in [0.5, 0.6) is 0 Å². The van der Waals surface area contributed by atoms with E-state index in [1.807, 2.05) is 49.6 Å². The van der Waals surface area contributed by atoms with Gasteiger partial charge in [0, 0.05) is 28.2 Å². The maximum absolute atomic E-state index is 13.5. The number of allylic oxidation sites excluding steroid dienone is 1. The van der Waals surface area contributed by atoms with Crippen LogP contribution in [0.1, 0.15) is 18.1 Å². The van der Waals surface area contributed by atoms with Gasteiger partial charge < -0.3 is 5.32 Å². The molecule has 0 radical (unpaired) electrons. The Kier molecular flexibility index (Phi) is 7.26. The smallest absolute Gasteiger partial charge is 0.263 e. The number of aromatic nitrogens is 2. The summed E-state index contributed by atoms with van der Waals surface area (Å²) in [5.41, 5.74) is 4.45. The number of thioether (sulfide) groups is 1. The van der Waals surface area contributed by atoms with Gasteiger partial charge in [-0.1, -0.05) is 65.3 Å². The number of carbonyl (C=O) groups excluding carboxylic acids is 1. The van der Waals surface area contributed by atoms with Crippen LogP contribution in [0, 0.1) is 13.8 Å². The first-order chi connectivity index (χ1) is 16.3. The van der Waals surface area contributed by atoms with Crippen LogP contribution in [0.25, 0.3) is 21.3 Å². The summed E-state index contributed by atoms with van der Waals surface area (Å²) >= 11 is 8.76. The first-order valence-corrected chi connectivity index (χ1v) is 12.9. The quantitative estimate of drug-likeness (QED) is 0.171. The summed E-state index contributed by atoms with van der Waals surface area (Å²) in [4.78, 5) is 31.9. The molecule has 8 heteroatoms. The third-order valence-corrected chi connectivity index (χ3v) is 7.64. The van der Waals surface area contributed by atoms with Gasteiger partial charge in [0.15, 0.2) is 5.16 Å². The molecule has 1 amide bonds. The molecule has 4 aromatic rings. The van der Waals surface area contributed by atoms with E-state index in [0.717, 1.165) is 22.3 Å². The number of hydrogen-bond acceptors (Lipinski definition) is 5. The van der Waals surface area contributed by atoms with Gasteiger partial charge in [0.25, 0.3) is 5.56 Å². The normalized spacial score (nSPS) is 12.0. The maximum atomic E-state index is 13.5. The summed E-state index contributed by atoms with van der Waals surface area (Å²) in [6.07, 6.45) is 1.66. The summed E-state index contributed by atoms with van der Waals surface area (Å²) < 4.78 is 1.58. The number of carbonyl (C=O) groups is 1. The molecule has 2 aromatic heterocycles. The minimum absolute atomic E-state index is 0.137. The van der Waals surface area contributed by atoms with Crippen LogP contribution in [0.4, 0.5) is 5.69 Å². The average Bonchev–Trinajstić information content (AvgIpc) is 3.23. The first-order valence-electron chi connectivity index (χ1n) is 10.7. The van der Waals surface area contributed by atoms with E-state index in [4.69, 9.17) is 16.6 Å². The number of nitrogens with one attached hydrogen (secondary N) is 1. The molecule has 0 fully saturated rings. The fraction of sp³-hybridized carbons (Fsp3) is 0.192. The first kappa shape index (κ1) is 24.3. The highest BCUT2D eigenvalue weighted by molar-refractivity contribution is 8.00. The standard InChI is InChI=1S/C26H24ClN3O2S2/c1-5-12-30-25(32)22-20(18-9-6-15(2)7-10-18)14-33-24(22)29-26(30)34-17(4)23(31)28-21-13-19(27)11-8-16(21)3/h5-11,13-14,17H,1,12H2,2-4H3,(H,28,31). The molecule has 174 valence electrons. The van der Waals surface area contributed by atoms with Crippen molar-refractivity contribution in [2.75, 3.05) is 5.32 Å². The van der Waals surface area contributed by atoms with E-state index in [-0.39, 0.29) is 11.5 Å². The summed E-state index contributed by atoms with van der Waals surface area (Å²) in [6.45, 7) is 9.83. The zero-order valence-corrected chi connectivity index (χ0v) is 21.5. The molecular weight excluding hydrogens is 486 g/mol. The van der Waals surface area contributed by atoms with E-state index < -0.39 is 5.25 Å². The van der Waals surface area contributed by atoms with Crippen molar-refractivity contribution in [2.24, 2.45) is 0 Å². The molecule has 0 saturated carbocycles. The van der Waals surface area contributed by atoms with E-state index in [1.54, 1.807) is 29.7 Å². The van der Waals surface area contributed by atoms with Crippen LogP contribution in [-0.2, 0) is 11.3 Å². The number of fused-ring (bicyclic) bond motifs is 1. The van der Waals surface area contributed by atoms with Gasteiger partial charge in [0.2, 0.25) is 5.91 Å². The SMILES string of the molecule is C=CCn1c(SC(C)C(=O)Nc2cc(Cl)ccc2C)nc2scc(-c3ccc(C)cc3)c2c1=O. The highest BCUT2D eigenvalue weighted by Crippen LogP contribution is 2.33. The molecule has 1 atom stereocenters. The Hall–Kier alpha value is -2.87. The average molecular weight is 510 g/mol. The Morgan fingerprint density at radius 3 is 2.71 bits per heavy atom. The number of hydrogen-bond donors (Lipinski definition) is 1.